The van der Waals surface area contributed by atoms with Crippen molar-refractivity contribution in [1.82, 2.24) is 14.9 Å². The molecule has 9 nitrogen and oxygen atoms in total. The van der Waals surface area contributed by atoms with E-state index in [1.807, 2.05) is 18.2 Å². The first-order valence-electron chi connectivity index (χ1n) is 10.7. The molecule has 2 amide bonds. The second kappa shape index (κ2) is 12.8. The van der Waals surface area contributed by atoms with Gasteiger partial charge in [-0.15, -0.1) is 0 Å². The fourth-order valence-electron chi connectivity index (χ4n) is 3.12. The summed E-state index contributed by atoms with van der Waals surface area (Å²) in [4.78, 5) is 23.7. The molecule has 0 bridgehead atoms. The van der Waals surface area contributed by atoms with E-state index in [1.54, 1.807) is 14.2 Å². The molecular formula is C24H31N3O6S. The van der Waals surface area contributed by atoms with E-state index in [-0.39, 0.29) is 23.3 Å². The molecule has 0 aromatic heterocycles. The molecule has 0 aliphatic heterocycles. The van der Waals surface area contributed by atoms with Crippen LogP contribution >= 0.6 is 0 Å². The third-order valence-electron chi connectivity index (χ3n) is 5.11. The highest BCUT2D eigenvalue weighted by Crippen LogP contribution is 2.27. The zero-order valence-electron chi connectivity index (χ0n) is 19.7. The van der Waals surface area contributed by atoms with Crippen molar-refractivity contribution in [3.05, 3.63) is 66.2 Å². The number of sulfonamides is 1. The van der Waals surface area contributed by atoms with Gasteiger partial charge in [0.25, 0.3) is 5.91 Å². The van der Waals surface area contributed by atoms with E-state index in [2.05, 4.69) is 17.2 Å². The van der Waals surface area contributed by atoms with E-state index >= 15 is 0 Å². The second-order valence-corrected chi connectivity index (χ2v) is 9.44. The molecule has 34 heavy (non-hydrogen) atoms. The number of ether oxygens (including phenoxy) is 2. The summed E-state index contributed by atoms with van der Waals surface area (Å²) in [5, 5.41) is 5.43. The lowest BCUT2D eigenvalue weighted by Gasteiger charge is -2.17. The van der Waals surface area contributed by atoms with E-state index in [1.165, 1.54) is 35.6 Å². The number of carbonyl (C=O) groups is 2. The van der Waals surface area contributed by atoms with E-state index in [0.717, 1.165) is 11.6 Å². The number of hydrogen-bond donors (Lipinski definition) is 2. The first-order valence-corrected chi connectivity index (χ1v) is 12.1. The van der Waals surface area contributed by atoms with Gasteiger partial charge >= 0.3 is 0 Å². The van der Waals surface area contributed by atoms with E-state index in [9.17, 15) is 18.0 Å². The van der Waals surface area contributed by atoms with Gasteiger partial charge in [-0.05, 0) is 60.9 Å². The predicted molar refractivity (Wildman–Crippen MR) is 130 cm³/mol. The standard InChI is InChI=1S/C24H31N3O6S/c1-5-23(28)25-14-6-16-27(2)34(30,31)20-10-8-19(9-11-20)24(29)26-15-13-18-7-12-21(32-3)22(17-18)33-4/h5,7-12,17H,1,6,13-16H2,2-4H3,(H,25,28)(H,26,29). The van der Waals surface area contributed by atoms with Crippen molar-refractivity contribution in [3.8, 4) is 11.5 Å². The largest absolute Gasteiger partial charge is 0.493 e. The molecule has 0 saturated heterocycles. The van der Waals surface area contributed by atoms with Gasteiger partial charge in [0, 0.05) is 32.2 Å². The number of nitrogens with one attached hydrogen (secondary N) is 2. The maximum atomic E-state index is 12.7. The minimum absolute atomic E-state index is 0.0898. The second-order valence-electron chi connectivity index (χ2n) is 7.39. The molecule has 0 aliphatic carbocycles. The molecule has 0 heterocycles. The number of benzene rings is 2. The summed E-state index contributed by atoms with van der Waals surface area (Å²) in [5.41, 5.74) is 1.34. The molecule has 0 spiro atoms. The van der Waals surface area contributed by atoms with Crippen molar-refractivity contribution < 1.29 is 27.5 Å². The summed E-state index contributed by atoms with van der Waals surface area (Å²) in [6, 6.07) is 11.4. The Morgan fingerprint density at radius 2 is 1.68 bits per heavy atom. The van der Waals surface area contributed by atoms with Crippen molar-refractivity contribution in [1.29, 1.82) is 0 Å². The summed E-state index contributed by atoms with van der Waals surface area (Å²) in [7, 11) is 0.898. The van der Waals surface area contributed by atoms with Gasteiger partial charge in [0.15, 0.2) is 11.5 Å². The van der Waals surface area contributed by atoms with Crippen LogP contribution in [0.15, 0.2) is 60.0 Å². The summed E-state index contributed by atoms with van der Waals surface area (Å²) >= 11 is 0. The van der Waals surface area contributed by atoms with Gasteiger partial charge in [0.1, 0.15) is 0 Å². The Kier molecular flexibility index (Phi) is 10.1. The molecule has 2 N–H and O–H groups in total. The topological polar surface area (TPSA) is 114 Å². The SMILES string of the molecule is C=CC(=O)NCCCN(C)S(=O)(=O)c1ccc(C(=O)NCCc2ccc(OC)c(OC)c2)cc1. The molecule has 184 valence electrons. The van der Waals surface area contributed by atoms with E-state index in [0.29, 0.717) is 43.0 Å². The molecular weight excluding hydrogens is 458 g/mol. The minimum Gasteiger partial charge on any atom is -0.493 e. The average molecular weight is 490 g/mol. The molecule has 0 aliphatic rings. The summed E-state index contributed by atoms with van der Waals surface area (Å²) in [6.45, 7) is 4.34. The number of carbonyl (C=O) groups excluding carboxylic acids is 2. The van der Waals surface area contributed by atoms with Gasteiger partial charge in [-0.1, -0.05) is 12.6 Å². The Morgan fingerprint density at radius 1 is 1.00 bits per heavy atom. The van der Waals surface area contributed by atoms with Crippen molar-refractivity contribution in [2.24, 2.45) is 0 Å². The monoisotopic (exact) mass is 489 g/mol. The van der Waals surface area contributed by atoms with Gasteiger partial charge in [-0.3, -0.25) is 9.59 Å². The van der Waals surface area contributed by atoms with Crippen LogP contribution < -0.4 is 20.1 Å². The molecule has 2 aromatic rings. The third-order valence-corrected chi connectivity index (χ3v) is 6.98. The van der Waals surface area contributed by atoms with Crippen LogP contribution in [0.1, 0.15) is 22.3 Å². The Hall–Kier alpha value is -3.37. The fraction of sp³-hybridized carbons (Fsp3) is 0.333. The lowest BCUT2D eigenvalue weighted by atomic mass is 10.1. The molecule has 2 rings (SSSR count). The van der Waals surface area contributed by atoms with Crippen LogP contribution in [0, 0.1) is 0 Å². The van der Waals surface area contributed by atoms with Crippen LogP contribution in [0.3, 0.4) is 0 Å². The summed E-state index contributed by atoms with van der Waals surface area (Å²) in [5.74, 6) is 0.656. The van der Waals surface area contributed by atoms with Gasteiger partial charge in [-0.25, -0.2) is 12.7 Å². The number of methoxy groups -OCH3 is 2. The van der Waals surface area contributed by atoms with Crippen molar-refractivity contribution >= 4 is 21.8 Å². The molecule has 10 heteroatoms. The Balaban J connectivity index is 1.89. The van der Waals surface area contributed by atoms with E-state index in [4.69, 9.17) is 9.47 Å². The molecule has 0 unspecified atom stereocenters. The van der Waals surface area contributed by atoms with Gasteiger partial charge < -0.3 is 20.1 Å². The summed E-state index contributed by atoms with van der Waals surface area (Å²) < 4.78 is 37.2. The quantitative estimate of drug-likeness (QED) is 0.329. The van der Waals surface area contributed by atoms with Crippen LogP contribution in [0.25, 0.3) is 0 Å². The van der Waals surface area contributed by atoms with Crippen molar-refractivity contribution in [3.63, 3.8) is 0 Å². The smallest absolute Gasteiger partial charge is 0.251 e. The molecule has 0 fully saturated rings. The fourth-order valence-corrected chi connectivity index (χ4v) is 4.33. The highest BCUT2D eigenvalue weighted by atomic mass is 32.2. The van der Waals surface area contributed by atoms with Gasteiger partial charge in [-0.2, -0.15) is 0 Å². The maximum absolute atomic E-state index is 12.7. The number of rotatable bonds is 13. The molecule has 0 atom stereocenters. The minimum atomic E-state index is -3.71. The van der Waals surface area contributed by atoms with Crippen molar-refractivity contribution in [2.75, 3.05) is 40.9 Å². The number of amides is 2. The van der Waals surface area contributed by atoms with Gasteiger partial charge in [0.2, 0.25) is 15.9 Å². The number of hydrogen-bond acceptors (Lipinski definition) is 6. The summed E-state index contributed by atoms with van der Waals surface area (Å²) in [6.07, 6.45) is 2.21. The maximum Gasteiger partial charge on any atom is 0.251 e. The lowest BCUT2D eigenvalue weighted by molar-refractivity contribution is -0.116. The van der Waals surface area contributed by atoms with Crippen LogP contribution in [0.4, 0.5) is 0 Å². The first kappa shape index (κ1) is 26.9. The molecule has 2 aromatic carbocycles. The predicted octanol–water partition coefficient (Wildman–Crippen LogP) is 1.99. The molecule has 0 radical (unpaired) electrons. The highest BCUT2D eigenvalue weighted by molar-refractivity contribution is 7.89. The highest BCUT2D eigenvalue weighted by Gasteiger charge is 2.20. The van der Waals surface area contributed by atoms with Crippen LogP contribution in [-0.4, -0.2) is 65.4 Å². The van der Waals surface area contributed by atoms with Crippen molar-refractivity contribution in [2.45, 2.75) is 17.7 Å². The Bertz CT molecular complexity index is 1100. The van der Waals surface area contributed by atoms with E-state index < -0.39 is 10.0 Å². The van der Waals surface area contributed by atoms with Gasteiger partial charge in [0.05, 0.1) is 19.1 Å². The third kappa shape index (κ3) is 7.32. The zero-order valence-corrected chi connectivity index (χ0v) is 20.5. The average Bonchev–Trinajstić information content (AvgIpc) is 2.85. The van der Waals surface area contributed by atoms with Crippen LogP contribution in [-0.2, 0) is 21.2 Å². The first-order chi connectivity index (χ1) is 16.2. The zero-order chi connectivity index (χ0) is 25.1. The Morgan fingerprint density at radius 3 is 2.29 bits per heavy atom. The van der Waals surface area contributed by atoms with Crippen LogP contribution in [0.5, 0.6) is 11.5 Å². The molecule has 0 saturated carbocycles. The lowest BCUT2D eigenvalue weighted by Crippen LogP contribution is -2.31. The normalized spacial score (nSPS) is 11.1. The Labute approximate surface area is 200 Å². The number of nitrogens with zero attached hydrogens (tertiary/aromatic N) is 1. The van der Waals surface area contributed by atoms with Crippen LogP contribution in [0.2, 0.25) is 0 Å².